The number of piperidine rings is 1. The van der Waals surface area contributed by atoms with Gasteiger partial charge in [0, 0.05) is 18.5 Å². The highest BCUT2D eigenvalue weighted by molar-refractivity contribution is 5.84. The highest BCUT2D eigenvalue weighted by atomic mass is 16.3. The number of pyridine rings is 1. The van der Waals surface area contributed by atoms with E-state index in [0.717, 1.165) is 37.3 Å². The van der Waals surface area contributed by atoms with Gasteiger partial charge in [-0.25, -0.2) is 4.98 Å². The summed E-state index contributed by atoms with van der Waals surface area (Å²) in [6.45, 7) is 7.91. The summed E-state index contributed by atoms with van der Waals surface area (Å²) in [4.78, 5) is 7.10. The van der Waals surface area contributed by atoms with Crippen LogP contribution in [0.15, 0.2) is 24.3 Å². The second-order valence-electron chi connectivity index (χ2n) is 6.30. The molecule has 3 rings (SSSR count). The molecule has 3 nitrogen and oxygen atoms in total. The van der Waals surface area contributed by atoms with Crippen LogP contribution in [0.1, 0.15) is 30.9 Å². The van der Waals surface area contributed by atoms with Crippen molar-refractivity contribution in [2.75, 3.05) is 18.0 Å². The average Bonchev–Trinajstić information content (AvgIpc) is 2.38. The maximum Gasteiger partial charge on any atom is 0.129 e. The van der Waals surface area contributed by atoms with E-state index in [-0.39, 0.29) is 0 Å². The number of aryl methyl sites for hydroxylation is 2. The standard InChI is InChI=1S/C17H22N2O/c1-12-4-5-14-13(2)11-16(18-15(14)10-12)19-8-6-17(3,20)7-9-19/h4-5,10-11,20H,6-9H2,1-3H3. The van der Waals surface area contributed by atoms with Crippen molar-refractivity contribution >= 4 is 16.7 Å². The summed E-state index contributed by atoms with van der Waals surface area (Å²) >= 11 is 0. The first-order chi connectivity index (χ1) is 9.44. The van der Waals surface area contributed by atoms with Gasteiger partial charge in [0.2, 0.25) is 0 Å². The highest BCUT2D eigenvalue weighted by Gasteiger charge is 2.28. The van der Waals surface area contributed by atoms with Crippen LogP contribution in [0.2, 0.25) is 0 Å². The van der Waals surface area contributed by atoms with Gasteiger partial charge in [-0.1, -0.05) is 12.1 Å². The topological polar surface area (TPSA) is 36.4 Å². The minimum absolute atomic E-state index is 0.515. The lowest BCUT2D eigenvalue weighted by molar-refractivity contribution is 0.0350. The maximum atomic E-state index is 10.1. The molecular formula is C17H22N2O. The van der Waals surface area contributed by atoms with Gasteiger partial charge in [0.1, 0.15) is 5.82 Å². The molecule has 1 saturated heterocycles. The lowest BCUT2D eigenvalue weighted by Gasteiger charge is -2.36. The van der Waals surface area contributed by atoms with Gasteiger partial charge < -0.3 is 10.0 Å². The Labute approximate surface area is 120 Å². The van der Waals surface area contributed by atoms with E-state index in [1.54, 1.807) is 0 Å². The zero-order valence-corrected chi connectivity index (χ0v) is 12.5. The molecule has 2 aromatic rings. The van der Waals surface area contributed by atoms with Crippen molar-refractivity contribution in [3.63, 3.8) is 0 Å². The Morgan fingerprint density at radius 2 is 1.85 bits per heavy atom. The number of rotatable bonds is 1. The van der Waals surface area contributed by atoms with Crippen LogP contribution in [-0.2, 0) is 0 Å². The Morgan fingerprint density at radius 1 is 1.15 bits per heavy atom. The van der Waals surface area contributed by atoms with Crippen LogP contribution in [0.4, 0.5) is 5.82 Å². The third-order valence-electron chi connectivity index (χ3n) is 4.32. The van der Waals surface area contributed by atoms with E-state index < -0.39 is 5.60 Å². The van der Waals surface area contributed by atoms with Crippen molar-refractivity contribution in [3.05, 3.63) is 35.4 Å². The third-order valence-corrected chi connectivity index (χ3v) is 4.32. The van der Waals surface area contributed by atoms with E-state index in [0.29, 0.717) is 0 Å². The molecule has 1 aromatic carbocycles. The van der Waals surface area contributed by atoms with Gasteiger partial charge in [-0.15, -0.1) is 0 Å². The molecule has 0 radical (unpaired) electrons. The van der Waals surface area contributed by atoms with Crippen molar-refractivity contribution in [2.24, 2.45) is 0 Å². The lowest BCUT2D eigenvalue weighted by Crippen LogP contribution is -2.42. The number of aliphatic hydroxyl groups is 1. The third kappa shape index (κ3) is 2.50. The van der Waals surface area contributed by atoms with Crippen molar-refractivity contribution in [1.82, 2.24) is 4.98 Å². The van der Waals surface area contributed by atoms with E-state index in [2.05, 4.69) is 43.0 Å². The van der Waals surface area contributed by atoms with E-state index in [1.165, 1.54) is 16.5 Å². The molecule has 20 heavy (non-hydrogen) atoms. The molecule has 0 bridgehead atoms. The first-order valence-electron chi connectivity index (χ1n) is 7.30. The van der Waals surface area contributed by atoms with Gasteiger partial charge in [-0.2, -0.15) is 0 Å². The molecule has 0 unspecified atom stereocenters. The monoisotopic (exact) mass is 270 g/mol. The molecule has 0 saturated carbocycles. The molecule has 0 atom stereocenters. The summed E-state index contributed by atoms with van der Waals surface area (Å²) in [7, 11) is 0. The van der Waals surface area contributed by atoms with Crippen molar-refractivity contribution < 1.29 is 5.11 Å². The molecule has 0 aliphatic carbocycles. The zero-order chi connectivity index (χ0) is 14.3. The second kappa shape index (κ2) is 4.74. The van der Waals surface area contributed by atoms with E-state index in [9.17, 15) is 5.11 Å². The molecule has 0 spiro atoms. The number of fused-ring (bicyclic) bond motifs is 1. The van der Waals surface area contributed by atoms with Gasteiger partial charge in [0.25, 0.3) is 0 Å². The van der Waals surface area contributed by atoms with Crippen LogP contribution in [0.5, 0.6) is 0 Å². The molecule has 106 valence electrons. The number of aromatic nitrogens is 1. The van der Waals surface area contributed by atoms with Crippen molar-refractivity contribution in [1.29, 1.82) is 0 Å². The molecule has 1 N–H and O–H groups in total. The Kier molecular flexibility index (Phi) is 3.17. The maximum absolute atomic E-state index is 10.1. The fourth-order valence-corrected chi connectivity index (χ4v) is 2.87. The predicted octanol–water partition coefficient (Wildman–Crippen LogP) is 3.20. The van der Waals surface area contributed by atoms with Crippen molar-refractivity contribution in [3.8, 4) is 0 Å². The molecule has 1 aromatic heterocycles. The normalized spacial score (nSPS) is 18.5. The van der Waals surface area contributed by atoms with Crippen LogP contribution in [0.3, 0.4) is 0 Å². The quantitative estimate of drug-likeness (QED) is 0.864. The summed E-state index contributed by atoms with van der Waals surface area (Å²) in [5.41, 5.74) is 3.06. The van der Waals surface area contributed by atoms with Crippen LogP contribution >= 0.6 is 0 Å². The van der Waals surface area contributed by atoms with Crippen LogP contribution < -0.4 is 4.90 Å². The van der Waals surface area contributed by atoms with Crippen LogP contribution in [-0.4, -0.2) is 28.8 Å². The molecule has 2 heterocycles. The van der Waals surface area contributed by atoms with Gasteiger partial charge in [0.15, 0.2) is 0 Å². The van der Waals surface area contributed by atoms with Crippen LogP contribution in [0, 0.1) is 13.8 Å². The summed E-state index contributed by atoms with van der Waals surface area (Å²) in [6, 6.07) is 8.59. The molecule has 1 aliphatic heterocycles. The van der Waals surface area contributed by atoms with E-state index in [4.69, 9.17) is 4.98 Å². The van der Waals surface area contributed by atoms with Gasteiger partial charge in [-0.05, 0) is 56.9 Å². The molecule has 0 amide bonds. The summed E-state index contributed by atoms with van der Waals surface area (Å²) in [5, 5.41) is 11.3. The average molecular weight is 270 g/mol. The van der Waals surface area contributed by atoms with Crippen LogP contribution in [0.25, 0.3) is 10.9 Å². The minimum atomic E-state index is -0.515. The second-order valence-corrected chi connectivity index (χ2v) is 6.30. The zero-order valence-electron chi connectivity index (χ0n) is 12.5. The number of hydrogen-bond acceptors (Lipinski definition) is 3. The summed E-state index contributed by atoms with van der Waals surface area (Å²) in [5.74, 6) is 1.04. The van der Waals surface area contributed by atoms with E-state index >= 15 is 0 Å². The highest BCUT2D eigenvalue weighted by Crippen LogP contribution is 2.28. The number of anilines is 1. The lowest BCUT2D eigenvalue weighted by atomic mass is 9.94. The molecule has 1 aliphatic rings. The molecule has 3 heteroatoms. The van der Waals surface area contributed by atoms with Gasteiger partial charge in [-0.3, -0.25) is 0 Å². The molecular weight excluding hydrogens is 248 g/mol. The first kappa shape index (κ1) is 13.4. The Hall–Kier alpha value is -1.61. The Bertz CT molecular complexity index is 639. The van der Waals surface area contributed by atoms with Crippen molar-refractivity contribution in [2.45, 2.75) is 39.2 Å². The number of benzene rings is 1. The van der Waals surface area contributed by atoms with E-state index in [1.807, 2.05) is 6.92 Å². The minimum Gasteiger partial charge on any atom is -0.390 e. The Morgan fingerprint density at radius 3 is 2.55 bits per heavy atom. The number of nitrogens with zero attached hydrogens (tertiary/aromatic N) is 2. The number of hydrogen-bond donors (Lipinski definition) is 1. The SMILES string of the molecule is Cc1ccc2c(C)cc(N3CCC(C)(O)CC3)nc2c1. The summed E-state index contributed by atoms with van der Waals surface area (Å²) < 4.78 is 0. The smallest absolute Gasteiger partial charge is 0.129 e. The van der Waals surface area contributed by atoms with Gasteiger partial charge >= 0.3 is 0 Å². The van der Waals surface area contributed by atoms with Gasteiger partial charge in [0.05, 0.1) is 11.1 Å². The largest absolute Gasteiger partial charge is 0.390 e. The Balaban J connectivity index is 1.96. The summed E-state index contributed by atoms with van der Waals surface area (Å²) in [6.07, 6.45) is 1.61. The fourth-order valence-electron chi connectivity index (χ4n) is 2.87. The first-order valence-corrected chi connectivity index (χ1v) is 7.30. The fraction of sp³-hybridized carbons (Fsp3) is 0.471. The predicted molar refractivity (Wildman–Crippen MR) is 83.3 cm³/mol. The molecule has 1 fully saturated rings.